The molecule has 0 aromatic heterocycles. The maximum absolute atomic E-state index is 13.0. The molecule has 1 aromatic rings. The van der Waals surface area contributed by atoms with Crippen molar-refractivity contribution in [1.82, 2.24) is 10.2 Å². The fraction of sp³-hybridized carbons (Fsp3) is 0.600. The monoisotopic (exact) mass is 424 g/mol. The third-order valence-electron chi connectivity index (χ3n) is 4.46. The van der Waals surface area contributed by atoms with Gasteiger partial charge in [0.15, 0.2) is 0 Å². The van der Waals surface area contributed by atoms with Crippen LogP contribution in [0.25, 0.3) is 0 Å². The number of halogens is 1. The molecule has 1 heterocycles. The summed E-state index contributed by atoms with van der Waals surface area (Å²) in [5.74, 6) is 0.211. The molecule has 2 rings (SSSR count). The zero-order valence-corrected chi connectivity index (χ0v) is 17.6. The fourth-order valence-corrected chi connectivity index (χ4v) is 3.31. The summed E-state index contributed by atoms with van der Waals surface area (Å²) in [5.41, 5.74) is 1.05. The Morgan fingerprint density at radius 3 is 2.46 bits per heavy atom. The third-order valence-corrected chi connectivity index (χ3v) is 4.99. The van der Waals surface area contributed by atoms with Crippen LogP contribution in [0.2, 0.25) is 0 Å². The van der Waals surface area contributed by atoms with Crippen molar-refractivity contribution in [2.75, 3.05) is 19.7 Å². The molecule has 26 heavy (non-hydrogen) atoms. The quantitative estimate of drug-likeness (QED) is 0.759. The van der Waals surface area contributed by atoms with E-state index in [1.807, 2.05) is 56.9 Å². The van der Waals surface area contributed by atoms with Crippen molar-refractivity contribution >= 4 is 27.7 Å². The first-order valence-electron chi connectivity index (χ1n) is 9.23. The van der Waals surface area contributed by atoms with E-state index in [1.165, 1.54) is 0 Å². The lowest BCUT2D eigenvalue weighted by atomic mass is 10.0. The number of ether oxygens (including phenoxy) is 1. The Balaban J connectivity index is 2.05. The minimum absolute atomic E-state index is 0.0254. The van der Waals surface area contributed by atoms with Gasteiger partial charge >= 0.3 is 0 Å². The summed E-state index contributed by atoms with van der Waals surface area (Å²) in [6, 6.07) is 7.47. The molecule has 5 nitrogen and oxygen atoms in total. The van der Waals surface area contributed by atoms with Crippen LogP contribution in [0.3, 0.4) is 0 Å². The minimum atomic E-state index is -0.495. The molecule has 0 bridgehead atoms. The molecule has 144 valence electrons. The van der Waals surface area contributed by atoms with E-state index < -0.39 is 6.04 Å². The summed E-state index contributed by atoms with van der Waals surface area (Å²) in [6.07, 6.45) is 0.293. The summed E-state index contributed by atoms with van der Waals surface area (Å²) in [7, 11) is 0. The number of morpholine rings is 1. The number of hydrogen-bond donors (Lipinski definition) is 1. The maximum Gasteiger partial charge on any atom is 0.245 e. The third kappa shape index (κ3) is 5.81. The van der Waals surface area contributed by atoms with Crippen LogP contribution >= 0.6 is 15.9 Å². The van der Waals surface area contributed by atoms with Crippen LogP contribution in [0.1, 0.15) is 45.8 Å². The van der Waals surface area contributed by atoms with E-state index in [0.29, 0.717) is 26.1 Å². The van der Waals surface area contributed by atoms with Gasteiger partial charge in [-0.25, -0.2) is 0 Å². The minimum Gasteiger partial charge on any atom is -0.370 e. The van der Waals surface area contributed by atoms with Gasteiger partial charge in [0.05, 0.1) is 13.2 Å². The average molecular weight is 425 g/mol. The van der Waals surface area contributed by atoms with Crippen molar-refractivity contribution in [1.29, 1.82) is 0 Å². The van der Waals surface area contributed by atoms with Gasteiger partial charge in [-0.2, -0.15) is 0 Å². The molecule has 0 spiro atoms. The number of hydrogen-bond acceptors (Lipinski definition) is 3. The second kappa shape index (κ2) is 9.51. The lowest BCUT2D eigenvalue weighted by Crippen LogP contribution is -2.54. The van der Waals surface area contributed by atoms with Gasteiger partial charge < -0.3 is 15.0 Å². The van der Waals surface area contributed by atoms with Crippen LogP contribution in [0.5, 0.6) is 0 Å². The summed E-state index contributed by atoms with van der Waals surface area (Å²) in [5, 5.41) is 2.93. The predicted octanol–water partition coefficient (Wildman–Crippen LogP) is 3.54. The van der Waals surface area contributed by atoms with Crippen LogP contribution in [-0.4, -0.2) is 42.5 Å². The van der Waals surface area contributed by atoms with Crippen molar-refractivity contribution in [2.24, 2.45) is 11.8 Å². The smallest absolute Gasteiger partial charge is 0.245 e. The average Bonchev–Trinajstić information content (AvgIpc) is 2.59. The molecule has 6 heteroatoms. The molecule has 1 aromatic carbocycles. The van der Waals surface area contributed by atoms with Crippen LogP contribution in [-0.2, 0) is 14.3 Å². The molecule has 0 radical (unpaired) electrons. The van der Waals surface area contributed by atoms with Gasteiger partial charge in [0.1, 0.15) is 12.1 Å². The summed E-state index contributed by atoms with van der Waals surface area (Å²) >= 11 is 3.43. The molecular weight excluding hydrogens is 396 g/mol. The number of nitrogens with zero attached hydrogens (tertiary/aromatic N) is 1. The molecular formula is C20H29BrN2O3. The second-order valence-electron chi connectivity index (χ2n) is 7.58. The van der Waals surface area contributed by atoms with Crippen molar-refractivity contribution in [3.8, 4) is 0 Å². The van der Waals surface area contributed by atoms with E-state index in [4.69, 9.17) is 4.74 Å². The van der Waals surface area contributed by atoms with Crippen molar-refractivity contribution in [3.05, 3.63) is 34.3 Å². The fourth-order valence-electron chi connectivity index (χ4n) is 3.04. The molecule has 0 saturated carbocycles. The summed E-state index contributed by atoms with van der Waals surface area (Å²) in [6.45, 7) is 9.47. The lowest BCUT2D eigenvalue weighted by molar-refractivity contribution is -0.144. The summed E-state index contributed by atoms with van der Waals surface area (Å²) < 4.78 is 6.87. The number of amides is 2. The van der Waals surface area contributed by atoms with Gasteiger partial charge in [0.2, 0.25) is 11.8 Å². The van der Waals surface area contributed by atoms with Crippen LogP contribution < -0.4 is 5.32 Å². The van der Waals surface area contributed by atoms with Crippen molar-refractivity contribution < 1.29 is 14.3 Å². The highest BCUT2D eigenvalue weighted by Crippen LogP contribution is 2.24. The van der Waals surface area contributed by atoms with E-state index >= 15 is 0 Å². The van der Waals surface area contributed by atoms with Crippen LogP contribution in [0.15, 0.2) is 28.7 Å². The van der Waals surface area contributed by atoms with Crippen LogP contribution in [0, 0.1) is 11.8 Å². The van der Waals surface area contributed by atoms with E-state index in [2.05, 4.69) is 21.2 Å². The van der Waals surface area contributed by atoms with E-state index in [-0.39, 0.29) is 29.8 Å². The number of nitrogens with one attached hydrogen (secondary N) is 1. The van der Waals surface area contributed by atoms with Gasteiger partial charge in [-0.15, -0.1) is 0 Å². The van der Waals surface area contributed by atoms with E-state index in [9.17, 15) is 9.59 Å². The lowest BCUT2D eigenvalue weighted by Gasteiger charge is -2.36. The Hall–Kier alpha value is -1.40. The van der Waals surface area contributed by atoms with Gasteiger partial charge in [0, 0.05) is 17.4 Å². The number of benzene rings is 1. The van der Waals surface area contributed by atoms with Crippen molar-refractivity contribution in [2.45, 2.75) is 46.3 Å². The highest BCUT2D eigenvalue weighted by molar-refractivity contribution is 9.10. The zero-order chi connectivity index (χ0) is 19.3. The molecule has 2 amide bonds. The molecule has 1 aliphatic rings. The SMILES string of the molecule is CC(C)CC(=O)NC(C(=O)N1CCOC(c2ccc(Br)cc2)C1)C(C)C. The number of carbonyl (C=O) groups is 2. The topological polar surface area (TPSA) is 58.6 Å². The Labute approximate surface area is 164 Å². The highest BCUT2D eigenvalue weighted by atomic mass is 79.9. The molecule has 0 aliphatic carbocycles. The van der Waals surface area contributed by atoms with Gasteiger partial charge in [-0.3, -0.25) is 9.59 Å². The predicted molar refractivity (Wildman–Crippen MR) is 106 cm³/mol. The van der Waals surface area contributed by atoms with Gasteiger partial charge in [-0.1, -0.05) is 55.8 Å². The number of rotatable bonds is 6. The second-order valence-corrected chi connectivity index (χ2v) is 8.50. The molecule has 1 N–H and O–H groups in total. The highest BCUT2D eigenvalue weighted by Gasteiger charge is 2.32. The van der Waals surface area contributed by atoms with Crippen LogP contribution in [0.4, 0.5) is 0 Å². The standard InChI is InChI=1S/C20H29BrN2O3/c1-13(2)11-18(24)22-19(14(3)4)20(25)23-9-10-26-17(12-23)15-5-7-16(21)8-6-15/h5-8,13-14,17,19H,9-12H2,1-4H3,(H,22,24). The zero-order valence-electron chi connectivity index (χ0n) is 16.0. The Kier molecular flexibility index (Phi) is 7.65. The first-order chi connectivity index (χ1) is 12.3. The Bertz CT molecular complexity index is 616. The first-order valence-corrected chi connectivity index (χ1v) is 10.0. The molecule has 2 unspecified atom stereocenters. The Morgan fingerprint density at radius 1 is 1.23 bits per heavy atom. The molecule has 2 atom stereocenters. The number of carbonyl (C=O) groups excluding carboxylic acids is 2. The normalized spacial score (nSPS) is 18.9. The van der Waals surface area contributed by atoms with Gasteiger partial charge in [-0.05, 0) is 29.5 Å². The molecule has 1 aliphatic heterocycles. The summed E-state index contributed by atoms with van der Waals surface area (Å²) in [4.78, 5) is 27.0. The molecule has 1 fully saturated rings. The maximum atomic E-state index is 13.0. The largest absolute Gasteiger partial charge is 0.370 e. The Morgan fingerprint density at radius 2 is 1.88 bits per heavy atom. The van der Waals surface area contributed by atoms with Crippen molar-refractivity contribution in [3.63, 3.8) is 0 Å². The van der Waals surface area contributed by atoms with E-state index in [1.54, 1.807) is 0 Å². The molecule has 1 saturated heterocycles. The van der Waals surface area contributed by atoms with E-state index in [0.717, 1.165) is 10.0 Å². The van der Waals surface area contributed by atoms with Gasteiger partial charge in [0.25, 0.3) is 0 Å². The first kappa shape index (κ1) is 20.9.